The van der Waals surface area contributed by atoms with Gasteiger partial charge in [-0.25, -0.2) is 0 Å². The molecule has 5 nitrogen and oxygen atoms in total. The van der Waals surface area contributed by atoms with Crippen molar-refractivity contribution in [3.05, 3.63) is 58.3 Å². The average Bonchev–Trinajstić information content (AvgIpc) is 3.17. The van der Waals surface area contributed by atoms with Crippen molar-refractivity contribution in [1.82, 2.24) is 9.88 Å². The van der Waals surface area contributed by atoms with Crippen LogP contribution in [0.4, 0.5) is 0 Å². The Bertz CT molecular complexity index is 767. The van der Waals surface area contributed by atoms with Crippen molar-refractivity contribution in [3.8, 4) is 5.75 Å². The van der Waals surface area contributed by atoms with Gasteiger partial charge in [-0.05, 0) is 49.6 Å². The molecule has 0 aliphatic carbocycles. The van der Waals surface area contributed by atoms with E-state index in [1.54, 1.807) is 42.4 Å². The lowest BCUT2D eigenvalue weighted by Gasteiger charge is -2.28. The van der Waals surface area contributed by atoms with E-state index >= 15 is 0 Å². The topological polar surface area (TPSA) is 51.7 Å². The van der Waals surface area contributed by atoms with E-state index in [-0.39, 0.29) is 12.0 Å². The molecular weight excluding hydrogens is 387 g/mol. The molecule has 1 amide bonds. The first-order valence-corrected chi connectivity index (χ1v) is 9.69. The monoisotopic (exact) mass is 408 g/mol. The fraction of sp³-hybridized carbons (Fsp3) is 0.400. The summed E-state index contributed by atoms with van der Waals surface area (Å²) in [6, 6.07) is 8.75. The highest BCUT2D eigenvalue weighted by molar-refractivity contribution is 6.35. The second kappa shape index (κ2) is 9.40. The maximum absolute atomic E-state index is 13.1. The van der Waals surface area contributed by atoms with Crippen molar-refractivity contribution >= 4 is 29.1 Å². The van der Waals surface area contributed by atoms with Crippen LogP contribution in [0.3, 0.4) is 0 Å². The van der Waals surface area contributed by atoms with Crippen LogP contribution in [0.15, 0.2) is 42.7 Å². The van der Waals surface area contributed by atoms with E-state index < -0.39 is 6.10 Å². The van der Waals surface area contributed by atoms with E-state index in [1.165, 1.54) is 0 Å². The van der Waals surface area contributed by atoms with E-state index in [2.05, 4.69) is 4.98 Å². The first-order valence-electron chi connectivity index (χ1n) is 8.94. The van der Waals surface area contributed by atoms with Gasteiger partial charge in [0, 0.05) is 37.1 Å². The van der Waals surface area contributed by atoms with Gasteiger partial charge < -0.3 is 14.4 Å². The molecule has 0 bridgehead atoms. The quantitative estimate of drug-likeness (QED) is 0.682. The van der Waals surface area contributed by atoms with Crippen LogP contribution in [-0.4, -0.2) is 41.2 Å². The third kappa shape index (κ3) is 5.58. The summed E-state index contributed by atoms with van der Waals surface area (Å²) in [5.74, 6) is 0.306. The predicted molar refractivity (Wildman–Crippen MR) is 105 cm³/mol. The van der Waals surface area contributed by atoms with Crippen molar-refractivity contribution in [2.24, 2.45) is 0 Å². The van der Waals surface area contributed by atoms with Crippen LogP contribution in [0.2, 0.25) is 10.0 Å². The summed E-state index contributed by atoms with van der Waals surface area (Å²) in [6.45, 7) is 3.44. The highest BCUT2D eigenvalue weighted by Crippen LogP contribution is 2.28. The van der Waals surface area contributed by atoms with Crippen LogP contribution < -0.4 is 4.74 Å². The molecule has 7 heteroatoms. The van der Waals surface area contributed by atoms with Crippen molar-refractivity contribution in [3.63, 3.8) is 0 Å². The lowest BCUT2D eigenvalue weighted by molar-refractivity contribution is -0.140. The normalized spacial score (nSPS) is 17.5. The lowest BCUT2D eigenvalue weighted by atomic mass is 10.2. The van der Waals surface area contributed by atoms with Gasteiger partial charge in [0.05, 0.1) is 11.1 Å². The second-order valence-electron chi connectivity index (χ2n) is 6.55. The molecule has 1 aromatic carbocycles. The Morgan fingerprint density at radius 1 is 1.41 bits per heavy atom. The molecule has 0 saturated carbocycles. The Hall–Kier alpha value is -1.82. The van der Waals surface area contributed by atoms with Crippen molar-refractivity contribution in [2.45, 2.75) is 38.5 Å². The van der Waals surface area contributed by atoms with Crippen LogP contribution in [0.5, 0.6) is 5.75 Å². The van der Waals surface area contributed by atoms with Crippen LogP contribution in [0.25, 0.3) is 0 Å². The molecule has 27 heavy (non-hydrogen) atoms. The Labute approximate surface area is 169 Å². The van der Waals surface area contributed by atoms with Crippen molar-refractivity contribution < 1.29 is 14.3 Å². The number of benzene rings is 1. The molecule has 2 atom stereocenters. The molecule has 0 radical (unpaired) electrons. The van der Waals surface area contributed by atoms with Crippen molar-refractivity contribution in [1.29, 1.82) is 0 Å². The molecule has 0 N–H and O–H groups in total. The summed E-state index contributed by atoms with van der Waals surface area (Å²) < 4.78 is 11.5. The predicted octanol–water partition coefficient (Wildman–Crippen LogP) is 4.36. The van der Waals surface area contributed by atoms with Gasteiger partial charge in [0.25, 0.3) is 5.91 Å². The maximum atomic E-state index is 13.1. The van der Waals surface area contributed by atoms with E-state index in [1.807, 2.05) is 12.1 Å². The first kappa shape index (κ1) is 19.9. The molecule has 2 unspecified atom stereocenters. The van der Waals surface area contributed by atoms with Gasteiger partial charge in [-0.2, -0.15) is 0 Å². The minimum absolute atomic E-state index is 0.0527. The van der Waals surface area contributed by atoms with Gasteiger partial charge >= 0.3 is 0 Å². The average molecular weight is 409 g/mol. The van der Waals surface area contributed by atoms with Gasteiger partial charge in [-0.1, -0.05) is 29.3 Å². The standard InChI is InChI=1S/C20H22Cl2N2O3/c1-14(27-19-7-6-16(21)10-18(19)22)20(25)24(13-17-5-3-9-26-17)12-15-4-2-8-23-11-15/h2,4,6-8,10-11,14,17H,3,5,9,12-13H2,1H3. The third-order valence-corrected chi connectivity index (χ3v) is 4.93. The Morgan fingerprint density at radius 3 is 2.93 bits per heavy atom. The number of carbonyl (C=O) groups excluding carboxylic acids is 1. The SMILES string of the molecule is CC(Oc1ccc(Cl)cc1Cl)C(=O)N(Cc1cccnc1)CC1CCCO1. The van der Waals surface area contributed by atoms with Crippen LogP contribution in [-0.2, 0) is 16.1 Å². The molecule has 1 aromatic heterocycles. The van der Waals surface area contributed by atoms with Crippen LogP contribution >= 0.6 is 23.2 Å². The number of nitrogens with zero attached hydrogens (tertiary/aromatic N) is 2. The molecule has 144 valence electrons. The fourth-order valence-electron chi connectivity index (χ4n) is 3.05. The van der Waals surface area contributed by atoms with E-state index in [4.69, 9.17) is 32.7 Å². The maximum Gasteiger partial charge on any atom is 0.263 e. The molecule has 2 heterocycles. The largest absolute Gasteiger partial charge is 0.479 e. The van der Waals surface area contributed by atoms with Crippen LogP contribution in [0.1, 0.15) is 25.3 Å². The molecule has 3 rings (SSSR count). The van der Waals surface area contributed by atoms with Gasteiger partial charge in [0.1, 0.15) is 5.75 Å². The van der Waals surface area contributed by atoms with Crippen molar-refractivity contribution in [2.75, 3.05) is 13.2 Å². The zero-order valence-electron chi connectivity index (χ0n) is 15.1. The fourth-order valence-corrected chi connectivity index (χ4v) is 3.50. The minimum Gasteiger partial charge on any atom is -0.479 e. The molecule has 1 saturated heterocycles. The summed E-state index contributed by atoms with van der Waals surface area (Å²) in [5, 5.41) is 0.892. The number of amides is 1. The zero-order chi connectivity index (χ0) is 19.2. The summed E-state index contributed by atoms with van der Waals surface area (Å²) in [6.07, 6.45) is 4.81. The summed E-state index contributed by atoms with van der Waals surface area (Å²) in [5.41, 5.74) is 0.959. The molecular formula is C20H22Cl2N2O3. The lowest BCUT2D eigenvalue weighted by Crippen LogP contribution is -2.43. The number of hydrogen-bond donors (Lipinski definition) is 0. The van der Waals surface area contributed by atoms with Gasteiger partial charge in [-0.15, -0.1) is 0 Å². The number of rotatable bonds is 7. The molecule has 1 aliphatic rings. The van der Waals surface area contributed by atoms with Crippen LogP contribution in [0, 0.1) is 0 Å². The summed E-state index contributed by atoms with van der Waals surface area (Å²) in [4.78, 5) is 19.0. The molecule has 1 aliphatic heterocycles. The van der Waals surface area contributed by atoms with E-state index in [0.29, 0.717) is 28.9 Å². The first-order chi connectivity index (χ1) is 13.0. The van der Waals surface area contributed by atoms with Gasteiger partial charge in [0.2, 0.25) is 0 Å². The highest BCUT2D eigenvalue weighted by atomic mass is 35.5. The number of pyridine rings is 1. The zero-order valence-corrected chi connectivity index (χ0v) is 16.6. The van der Waals surface area contributed by atoms with Gasteiger partial charge in [-0.3, -0.25) is 9.78 Å². The number of carbonyl (C=O) groups is 1. The summed E-state index contributed by atoms with van der Waals surface area (Å²) >= 11 is 12.1. The highest BCUT2D eigenvalue weighted by Gasteiger charge is 2.27. The summed E-state index contributed by atoms with van der Waals surface area (Å²) in [7, 11) is 0. The number of aromatic nitrogens is 1. The van der Waals surface area contributed by atoms with Gasteiger partial charge in [0.15, 0.2) is 6.10 Å². The van der Waals surface area contributed by atoms with E-state index in [9.17, 15) is 4.79 Å². The Morgan fingerprint density at radius 2 is 2.26 bits per heavy atom. The minimum atomic E-state index is -0.693. The molecule has 1 fully saturated rings. The Kier molecular flexibility index (Phi) is 6.94. The molecule has 2 aromatic rings. The number of halogens is 2. The smallest absolute Gasteiger partial charge is 0.263 e. The third-order valence-electron chi connectivity index (χ3n) is 4.40. The number of ether oxygens (including phenoxy) is 2. The molecule has 0 spiro atoms. The Balaban J connectivity index is 1.71. The van der Waals surface area contributed by atoms with E-state index in [0.717, 1.165) is 25.0 Å². The second-order valence-corrected chi connectivity index (χ2v) is 7.39. The number of hydrogen-bond acceptors (Lipinski definition) is 4.